The lowest BCUT2D eigenvalue weighted by Gasteiger charge is -2.17. The third-order valence-electron chi connectivity index (χ3n) is 2.18. The predicted octanol–water partition coefficient (Wildman–Crippen LogP) is 0.301. The Labute approximate surface area is 88.6 Å². The number of hydrogen-bond acceptors (Lipinski definition) is 4. The van der Waals surface area contributed by atoms with Gasteiger partial charge in [0.1, 0.15) is 6.10 Å². The van der Waals surface area contributed by atoms with Gasteiger partial charge < -0.3 is 15.9 Å². The summed E-state index contributed by atoms with van der Waals surface area (Å²) in [7, 11) is 0. The lowest BCUT2D eigenvalue weighted by atomic mass is 10.0. The Hall–Kier alpha value is -1.41. The van der Waals surface area contributed by atoms with Gasteiger partial charge in [0, 0.05) is 0 Å². The molecule has 0 amide bonds. The van der Waals surface area contributed by atoms with Crippen molar-refractivity contribution >= 4 is 0 Å². The Kier molecular flexibility index (Phi) is 4.25. The number of nitrogens with zero attached hydrogens (tertiary/aromatic N) is 1. The predicted molar refractivity (Wildman–Crippen MR) is 55.8 cm³/mol. The van der Waals surface area contributed by atoms with Crippen LogP contribution < -0.4 is 5.73 Å². The Morgan fingerprint density at radius 2 is 2.13 bits per heavy atom. The normalized spacial score (nSPS) is 14.3. The van der Waals surface area contributed by atoms with E-state index >= 15 is 0 Å². The Morgan fingerprint density at radius 1 is 1.40 bits per heavy atom. The van der Waals surface area contributed by atoms with Gasteiger partial charge in [-0.2, -0.15) is 5.26 Å². The first-order chi connectivity index (χ1) is 7.19. The van der Waals surface area contributed by atoms with Crippen molar-refractivity contribution in [2.45, 2.75) is 18.6 Å². The first kappa shape index (κ1) is 11.7. The van der Waals surface area contributed by atoms with E-state index in [9.17, 15) is 10.2 Å². The maximum absolute atomic E-state index is 9.73. The van der Waals surface area contributed by atoms with E-state index in [-0.39, 0.29) is 0 Å². The third kappa shape index (κ3) is 3.03. The summed E-state index contributed by atoms with van der Waals surface area (Å²) in [4.78, 5) is 0. The maximum atomic E-state index is 9.73. The lowest BCUT2D eigenvalue weighted by Crippen LogP contribution is -2.21. The summed E-state index contributed by atoms with van der Waals surface area (Å²) in [6, 6.07) is 8.52. The van der Waals surface area contributed by atoms with Gasteiger partial charge in [-0.3, -0.25) is 0 Å². The molecule has 1 aromatic rings. The van der Waals surface area contributed by atoms with Crippen LogP contribution in [0, 0.1) is 11.3 Å². The van der Waals surface area contributed by atoms with E-state index in [1.807, 2.05) is 6.07 Å². The fourth-order valence-corrected chi connectivity index (χ4v) is 1.34. The summed E-state index contributed by atoms with van der Waals surface area (Å²) < 4.78 is 0. The summed E-state index contributed by atoms with van der Waals surface area (Å²) in [5.41, 5.74) is 6.28. The topological polar surface area (TPSA) is 90.3 Å². The Morgan fingerprint density at radius 3 is 2.73 bits per heavy atom. The highest BCUT2D eigenvalue weighted by Crippen LogP contribution is 2.19. The zero-order chi connectivity index (χ0) is 11.3. The van der Waals surface area contributed by atoms with Crippen LogP contribution in [-0.4, -0.2) is 22.9 Å². The molecule has 2 atom stereocenters. The molecule has 1 aromatic carbocycles. The maximum Gasteiger partial charge on any atom is 0.105 e. The van der Waals surface area contributed by atoms with Crippen LogP contribution in [0.25, 0.3) is 0 Å². The molecule has 0 fully saturated rings. The van der Waals surface area contributed by atoms with Gasteiger partial charge in [0.05, 0.1) is 17.7 Å². The molecule has 0 aliphatic carbocycles. The lowest BCUT2D eigenvalue weighted by molar-refractivity contribution is 0.0150. The molecule has 4 N–H and O–H groups in total. The Balaban J connectivity index is 2.82. The van der Waals surface area contributed by atoms with Crippen molar-refractivity contribution in [1.29, 1.82) is 5.26 Å². The van der Waals surface area contributed by atoms with Crippen LogP contribution in [0.2, 0.25) is 0 Å². The first-order valence-electron chi connectivity index (χ1n) is 4.75. The van der Waals surface area contributed by atoms with Crippen molar-refractivity contribution in [2.24, 2.45) is 5.73 Å². The summed E-state index contributed by atoms with van der Waals surface area (Å²) in [5, 5.41) is 27.9. The number of hydrogen-bond donors (Lipinski definition) is 3. The fraction of sp³-hybridized carbons (Fsp3) is 0.364. The molecule has 0 saturated carbocycles. The van der Waals surface area contributed by atoms with Crippen LogP contribution in [-0.2, 0) is 0 Å². The van der Waals surface area contributed by atoms with Gasteiger partial charge >= 0.3 is 0 Å². The van der Waals surface area contributed by atoms with E-state index < -0.39 is 12.2 Å². The molecule has 4 nitrogen and oxygen atoms in total. The molecule has 80 valence electrons. The largest absolute Gasteiger partial charge is 0.390 e. The quantitative estimate of drug-likeness (QED) is 0.661. The second kappa shape index (κ2) is 5.47. The van der Waals surface area contributed by atoms with Crippen LogP contribution in [0.15, 0.2) is 24.3 Å². The summed E-state index contributed by atoms with van der Waals surface area (Å²) in [5.74, 6) is 0. The molecular formula is C11H14N2O2. The van der Waals surface area contributed by atoms with Crippen molar-refractivity contribution in [3.05, 3.63) is 35.4 Å². The summed E-state index contributed by atoms with van der Waals surface area (Å²) in [6.45, 7) is 0.316. The van der Waals surface area contributed by atoms with Gasteiger partial charge in [0.25, 0.3) is 0 Å². The van der Waals surface area contributed by atoms with Gasteiger partial charge in [-0.1, -0.05) is 12.1 Å². The molecule has 0 bridgehead atoms. The van der Waals surface area contributed by atoms with E-state index in [0.29, 0.717) is 24.1 Å². The second-order valence-electron chi connectivity index (χ2n) is 3.33. The zero-order valence-corrected chi connectivity index (χ0v) is 8.30. The first-order valence-corrected chi connectivity index (χ1v) is 4.75. The zero-order valence-electron chi connectivity index (χ0n) is 8.30. The minimum Gasteiger partial charge on any atom is -0.390 e. The van der Waals surface area contributed by atoms with E-state index in [1.54, 1.807) is 24.3 Å². The minimum atomic E-state index is -0.984. The number of nitrogens with two attached hydrogens (primary N) is 1. The molecule has 2 unspecified atom stereocenters. The highest BCUT2D eigenvalue weighted by molar-refractivity contribution is 5.34. The smallest absolute Gasteiger partial charge is 0.105 e. The van der Waals surface area contributed by atoms with Crippen molar-refractivity contribution in [3.63, 3.8) is 0 Å². The fourth-order valence-electron chi connectivity index (χ4n) is 1.34. The molecule has 0 spiro atoms. The highest BCUT2D eigenvalue weighted by atomic mass is 16.3. The van der Waals surface area contributed by atoms with Crippen LogP contribution in [0.4, 0.5) is 0 Å². The minimum absolute atomic E-state index is 0.316. The van der Waals surface area contributed by atoms with Gasteiger partial charge in [-0.15, -0.1) is 0 Å². The van der Waals surface area contributed by atoms with E-state index in [2.05, 4.69) is 0 Å². The number of aliphatic hydroxyl groups is 2. The molecule has 0 aromatic heterocycles. The highest BCUT2D eigenvalue weighted by Gasteiger charge is 2.17. The average Bonchev–Trinajstić information content (AvgIpc) is 2.28. The summed E-state index contributed by atoms with van der Waals surface area (Å²) in [6.07, 6.45) is -1.54. The van der Waals surface area contributed by atoms with Crippen molar-refractivity contribution in [3.8, 4) is 6.07 Å². The molecular weight excluding hydrogens is 192 g/mol. The summed E-state index contributed by atoms with van der Waals surface area (Å²) >= 11 is 0. The number of benzene rings is 1. The number of aliphatic hydroxyl groups excluding tert-OH is 2. The van der Waals surface area contributed by atoms with Crippen LogP contribution in [0.1, 0.15) is 23.7 Å². The SMILES string of the molecule is N#Cc1cccc(C(O)C(O)CCN)c1. The van der Waals surface area contributed by atoms with Crippen LogP contribution in [0.3, 0.4) is 0 Å². The van der Waals surface area contributed by atoms with Gasteiger partial charge in [-0.05, 0) is 30.7 Å². The molecule has 0 radical (unpaired) electrons. The number of nitriles is 1. The molecule has 0 aliphatic heterocycles. The monoisotopic (exact) mass is 206 g/mol. The molecule has 0 saturated heterocycles. The van der Waals surface area contributed by atoms with E-state index in [4.69, 9.17) is 11.0 Å². The van der Waals surface area contributed by atoms with Crippen LogP contribution in [0.5, 0.6) is 0 Å². The standard InChI is InChI=1S/C11H14N2O2/c12-5-4-10(14)11(15)9-3-1-2-8(6-9)7-13/h1-3,6,10-11,14-15H,4-5,12H2. The molecule has 0 aliphatic rings. The molecule has 0 heterocycles. The van der Waals surface area contributed by atoms with Crippen molar-refractivity contribution in [2.75, 3.05) is 6.54 Å². The molecule has 4 heteroatoms. The van der Waals surface area contributed by atoms with Crippen molar-refractivity contribution < 1.29 is 10.2 Å². The van der Waals surface area contributed by atoms with Gasteiger partial charge in [0.2, 0.25) is 0 Å². The van der Waals surface area contributed by atoms with E-state index in [1.165, 1.54) is 0 Å². The molecule has 1 rings (SSSR count). The average molecular weight is 206 g/mol. The van der Waals surface area contributed by atoms with Crippen molar-refractivity contribution in [1.82, 2.24) is 0 Å². The van der Waals surface area contributed by atoms with Gasteiger partial charge in [-0.25, -0.2) is 0 Å². The molecule has 15 heavy (non-hydrogen) atoms. The second-order valence-corrected chi connectivity index (χ2v) is 3.33. The van der Waals surface area contributed by atoms with E-state index in [0.717, 1.165) is 0 Å². The number of rotatable bonds is 4. The Bertz CT molecular complexity index is 360. The third-order valence-corrected chi connectivity index (χ3v) is 2.18. The van der Waals surface area contributed by atoms with Gasteiger partial charge in [0.15, 0.2) is 0 Å². The van der Waals surface area contributed by atoms with Crippen LogP contribution >= 0.6 is 0 Å².